The summed E-state index contributed by atoms with van der Waals surface area (Å²) < 4.78 is 0. The number of benzene rings is 2. The predicted octanol–water partition coefficient (Wildman–Crippen LogP) is 3.87. The molecule has 0 spiro atoms. The molecule has 0 aliphatic carbocycles. The molecule has 0 bridgehead atoms. The van der Waals surface area contributed by atoms with E-state index in [4.69, 9.17) is 0 Å². The predicted molar refractivity (Wildman–Crippen MR) is 112 cm³/mol. The Kier molecular flexibility index (Phi) is 6.26. The lowest BCUT2D eigenvalue weighted by molar-refractivity contribution is -0.128. The van der Waals surface area contributed by atoms with Crippen LogP contribution in [0, 0.1) is 0 Å². The lowest BCUT2D eigenvalue weighted by Gasteiger charge is -2.13. The van der Waals surface area contributed by atoms with Crippen LogP contribution in [0.4, 0.5) is 11.4 Å². The number of ketones is 1. The molecule has 0 aromatic heterocycles. The van der Waals surface area contributed by atoms with Gasteiger partial charge in [0, 0.05) is 24.2 Å². The highest BCUT2D eigenvalue weighted by Crippen LogP contribution is 2.31. The fourth-order valence-corrected chi connectivity index (χ4v) is 4.05. The van der Waals surface area contributed by atoms with Crippen LogP contribution in [0.3, 0.4) is 0 Å². The molecule has 144 valence electrons. The second-order valence-electron chi connectivity index (χ2n) is 6.31. The van der Waals surface area contributed by atoms with Crippen LogP contribution in [0.25, 0.3) is 0 Å². The second kappa shape index (κ2) is 8.84. The third-order valence-electron chi connectivity index (χ3n) is 4.24. The molecule has 1 fully saturated rings. The Bertz CT molecular complexity index is 928. The number of hydrogen-bond acceptors (Lipinski definition) is 5. The minimum Gasteiger partial charge on any atom is -0.326 e. The molecule has 0 saturated carbocycles. The van der Waals surface area contributed by atoms with E-state index in [1.807, 2.05) is 37.3 Å². The minimum atomic E-state index is -0.515. The standard InChI is InChI=1S/C21H21N3O3S/c1-3-24-20(27)18(28-21(24)23-16-9-5-4-6-10-16)13-19(26)22-17-11-7-8-15(12-17)14(2)25/h4-12,18H,3,13H2,1-2H3,(H,22,26)/t18-/m0/s1. The SMILES string of the molecule is CCN1C(=O)[C@H](CC(=O)Nc2cccc(C(C)=O)c2)SC1=Nc1ccccc1. The molecule has 1 saturated heterocycles. The number of nitrogens with zero attached hydrogens (tertiary/aromatic N) is 2. The summed E-state index contributed by atoms with van der Waals surface area (Å²) >= 11 is 1.30. The molecule has 2 amide bonds. The van der Waals surface area contributed by atoms with E-state index in [0.717, 1.165) is 5.69 Å². The van der Waals surface area contributed by atoms with Crippen molar-refractivity contribution in [2.75, 3.05) is 11.9 Å². The van der Waals surface area contributed by atoms with Crippen LogP contribution >= 0.6 is 11.8 Å². The Hall–Kier alpha value is -2.93. The fourth-order valence-electron chi connectivity index (χ4n) is 2.83. The zero-order valence-electron chi connectivity index (χ0n) is 15.7. The van der Waals surface area contributed by atoms with Crippen LogP contribution in [0.2, 0.25) is 0 Å². The van der Waals surface area contributed by atoms with Gasteiger partial charge in [-0.05, 0) is 38.1 Å². The van der Waals surface area contributed by atoms with E-state index in [-0.39, 0.29) is 24.0 Å². The summed E-state index contributed by atoms with van der Waals surface area (Å²) in [4.78, 5) is 42.7. The third kappa shape index (κ3) is 4.67. The number of nitrogens with one attached hydrogen (secondary N) is 1. The Labute approximate surface area is 168 Å². The molecule has 1 aliphatic rings. The Morgan fingerprint density at radius 2 is 1.89 bits per heavy atom. The summed E-state index contributed by atoms with van der Waals surface area (Å²) in [5.41, 5.74) is 1.83. The normalized spacial score (nSPS) is 17.8. The van der Waals surface area contributed by atoms with Crippen LogP contribution < -0.4 is 5.32 Å². The van der Waals surface area contributed by atoms with Crippen molar-refractivity contribution in [2.24, 2.45) is 4.99 Å². The van der Waals surface area contributed by atoms with Crippen molar-refractivity contribution in [2.45, 2.75) is 25.5 Å². The van der Waals surface area contributed by atoms with Crippen LogP contribution in [-0.4, -0.2) is 39.5 Å². The first-order valence-electron chi connectivity index (χ1n) is 9.00. The van der Waals surface area contributed by atoms with Gasteiger partial charge < -0.3 is 5.32 Å². The van der Waals surface area contributed by atoms with Gasteiger partial charge in [0.25, 0.3) is 0 Å². The van der Waals surface area contributed by atoms with E-state index in [1.165, 1.54) is 18.7 Å². The van der Waals surface area contributed by atoms with Gasteiger partial charge in [-0.25, -0.2) is 4.99 Å². The number of thioether (sulfide) groups is 1. The number of Topliss-reactive ketones (excluding diaryl/α,β-unsaturated/α-hetero) is 1. The molecule has 0 unspecified atom stereocenters. The van der Waals surface area contributed by atoms with Gasteiger partial charge in [-0.15, -0.1) is 0 Å². The number of aliphatic imine (C=N–C) groups is 1. The van der Waals surface area contributed by atoms with E-state index < -0.39 is 5.25 Å². The number of amidine groups is 1. The highest BCUT2D eigenvalue weighted by molar-refractivity contribution is 8.15. The maximum atomic E-state index is 12.7. The fraction of sp³-hybridized carbons (Fsp3) is 0.238. The molecule has 2 aromatic carbocycles. The van der Waals surface area contributed by atoms with Crippen LogP contribution in [-0.2, 0) is 9.59 Å². The number of rotatable bonds is 6. The van der Waals surface area contributed by atoms with Gasteiger partial charge in [0.2, 0.25) is 11.8 Å². The van der Waals surface area contributed by atoms with Gasteiger partial charge in [0.05, 0.1) is 5.69 Å². The number of amides is 2. The molecule has 1 heterocycles. The number of carbonyl (C=O) groups is 3. The third-order valence-corrected chi connectivity index (χ3v) is 5.42. The van der Waals surface area contributed by atoms with Gasteiger partial charge in [-0.3, -0.25) is 19.3 Å². The van der Waals surface area contributed by atoms with E-state index in [1.54, 1.807) is 29.2 Å². The number of carbonyl (C=O) groups excluding carboxylic acids is 3. The molecule has 28 heavy (non-hydrogen) atoms. The van der Waals surface area contributed by atoms with Gasteiger partial charge >= 0.3 is 0 Å². The average molecular weight is 395 g/mol. The summed E-state index contributed by atoms with van der Waals surface area (Å²) in [6, 6.07) is 16.2. The van der Waals surface area contributed by atoms with Crippen molar-refractivity contribution in [1.82, 2.24) is 4.90 Å². The van der Waals surface area contributed by atoms with Crippen molar-refractivity contribution in [3.05, 3.63) is 60.2 Å². The highest BCUT2D eigenvalue weighted by atomic mass is 32.2. The zero-order valence-corrected chi connectivity index (χ0v) is 16.5. The summed E-state index contributed by atoms with van der Waals surface area (Å²) in [5.74, 6) is -0.462. The molecule has 3 rings (SSSR count). The maximum absolute atomic E-state index is 12.7. The topological polar surface area (TPSA) is 78.8 Å². The summed E-state index contributed by atoms with van der Waals surface area (Å²) in [5, 5.41) is 2.86. The first kappa shape index (κ1) is 19.8. The summed E-state index contributed by atoms with van der Waals surface area (Å²) in [6.45, 7) is 3.85. The van der Waals surface area contributed by atoms with E-state index in [0.29, 0.717) is 23.0 Å². The molecular weight excluding hydrogens is 374 g/mol. The van der Waals surface area contributed by atoms with Crippen molar-refractivity contribution >= 4 is 45.9 Å². The van der Waals surface area contributed by atoms with Gasteiger partial charge in [-0.2, -0.15) is 0 Å². The molecule has 6 nitrogen and oxygen atoms in total. The lowest BCUT2D eigenvalue weighted by Crippen LogP contribution is -2.33. The molecular formula is C21H21N3O3S. The molecule has 2 aromatic rings. The maximum Gasteiger partial charge on any atom is 0.242 e. The largest absolute Gasteiger partial charge is 0.326 e. The smallest absolute Gasteiger partial charge is 0.242 e. The van der Waals surface area contributed by atoms with E-state index >= 15 is 0 Å². The molecule has 0 radical (unpaired) electrons. The minimum absolute atomic E-state index is 0.0398. The highest BCUT2D eigenvalue weighted by Gasteiger charge is 2.38. The summed E-state index contributed by atoms with van der Waals surface area (Å²) in [6.07, 6.45) is 0.0398. The number of anilines is 1. The van der Waals surface area contributed by atoms with Gasteiger partial charge in [0.15, 0.2) is 11.0 Å². The zero-order chi connectivity index (χ0) is 20.1. The Morgan fingerprint density at radius 3 is 2.57 bits per heavy atom. The molecule has 1 N–H and O–H groups in total. The quantitative estimate of drug-likeness (QED) is 0.753. The first-order chi connectivity index (χ1) is 13.5. The van der Waals surface area contributed by atoms with Crippen molar-refractivity contribution < 1.29 is 14.4 Å². The lowest BCUT2D eigenvalue weighted by atomic mass is 10.1. The van der Waals surface area contributed by atoms with Gasteiger partial charge in [0.1, 0.15) is 5.25 Å². The average Bonchev–Trinajstić information content (AvgIpc) is 2.96. The number of para-hydroxylation sites is 1. The Balaban J connectivity index is 1.69. The van der Waals surface area contributed by atoms with E-state index in [9.17, 15) is 14.4 Å². The number of hydrogen-bond donors (Lipinski definition) is 1. The van der Waals surface area contributed by atoms with Crippen molar-refractivity contribution in [1.29, 1.82) is 0 Å². The van der Waals surface area contributed by atoms with Crippen LogP contribution in [0.1, 0.15) is 30.6 Å². The Morgan fingerprint density at radius 1 is 1.14 bits per heavy atom. The van der Waals surface area contributed by atoms with Gasteiger partial charge in [-0.1, -0.05) is 42.1 Å². The summed E-state index contributed by atoms with van der Waals surface area (Å²) in [7, 11) is 0. The molecule has 1 atom stereocenters. The monoisotopic (exact) mass is 395 g/mol. The van der Waals surface area contributed by atoms with Crippen molar-refractivity contribution in [3.63, 3.8) is 0 Å². The molecule has 1 aliphatic heterocycles. The molecule has 7 heteroatoms. The van der Waals surface area contributed by atoms with E-state index in [2.05, 4.69) is 10.3 Å². The van der Waals surface area contributed by atoms with Crippen molar-refractivity contribution in [3.8, 4) is 0 Å². The van der Waals surface area contributed by atoms with Crippen LogP contribution in [0.15, 0.2) is 59.6 Å². The first-order valence-corrected chi connectivity index (χ1v) is 9.88. The van der Waals surface area contributed by atoms with Crippen LogP contribution in [0.5, 0.6) is 0 Å². The second-order valence-corrected chi connectivity index (χ2v) is 7.48.